The average Bonchev–Trinajstić information content (AvgIpc) is 3.03. The molecule has 4 atom stereocenters. The first-order valence-electron chi connectivity index (χ1n) is 14.5. The summed E-state index contributed by atoms with van der Waals surface area (Å²) in [5.41, 5.74) is 4.64. The van der Waals surface area contributed by atoms with Gasteiger partial charge in [-0.2, -0.15) is 0 Å². The summed E-state index contributed by atoms with van der Waals surface area (Å²) in [4.78, 5) is 2.49. The van der Waals surface area contributed by atoms with Gasteiger partial charge in [0.1, 0.15) is 18.0 Å². The highest BCUT2D eigenvalue weighted by Crippen LogP contribution is 2.29. The van der Waals surface area contributed by atoms with Crippen molar-refractivity contribution in [3.8, 4) is 5.75 Å². The van der Waals surface area contributed by atoms with Crippen molar-refractivity contribution in [2.75, 3.05) is 20.2 Å². The number of benzene rings is 4. The van der Waals surface area contributed by atoms with Crippen molar-refractivity contribution in [1.82, 2.24) is 4.90 Å². The molecule has 0 aliphatic carbocycles. The molecule has 41 heavy (non-hydrogen) atoms. The number of para-hydroxylation sites is 1. The molecule has 1 aliphatic heterocycles. The number of likely N-dealkylation sites (tertiary alicyclic amines) is 1. The standard InChI is InChI=1S/C36H41NO4/c1-28-35(40-26-30-16-8-4-9-17-30)36(41-27-31-18-10-5-11-19-31)34(39-25-29-14-6-3-7-15-29)24-37(28)23-22-32-20-12-13-21-33(32)38-2/h3-21,28,34-36H,22-27H2,1-2H3/t28-,34+,35-,36-/m1/s1. The van der Waals surface area contributed by atoms with Crippen LogP contribution in [0.15, 0.2) is 115 Å². The highest BCUT2D eigenvalue weighted by Gasteiger charge is 2.44. The van der Waals surface area contributed by atoms with Crippen molar-refractivity contribution in [1.29, 1.82) is 0 Å². The molecule has 0 bridgehead atoms. The lowest BCUT2D eigenvalue weighted by molar-refractivity contribution is -0.200. The summed E-state index contributed by atoms with van der Waals surface area (Å²) in [6.45, 7) is 5.43. The Labute approximate surface area is 244 Å². The Kier molecular flexibility index (Phi) is 10.6. The number of hydrogen-bond donors (Lipinski definition) is 0. The summed E-state index contributed by atoms with van der Waals surface area (Å²) in [7, 11) is 1.73. The Bertz CT molecular complexity index is 1300. The van der Waals surface area contributed by atoms with E-state index in [1.54, 1.807) is 7.11 Å². The molecule has 5 nitrogen and oxygen atoms in total. The molecule has 0 radical (unpaired) electrons. The lowest BCUT2D eigenvalue weighted by atomic mass is 9.93. The van der Waals surface area contributed by atoms with Gasteiger partial charge in [-0.3, -0.25) is 4.90 Å². The second kappa shape index (κ2) is 14.9. The Balaban J connectivity index is 1.38. The van der Waals surface area contributed by atoms with Crippen molar-refractivity contribution >= 4 is 0 Å². The van der Waals surface area contributed by atoms with Crippen LogP contribution in [0.25, 0.3) is 0 Å². The lowest BCUT2D eigenvalue weighted by Gasteiger charge is -2.47. The fourth-order valence-electron chi connectivity index (χ4n) is 5.56. The summed E-state index contributed by atoms with van der Waals surface area (Å²) < 4.78 is 25.7. The van der Waals surface area contributed by atoms with Gasteiger partial charge in [0, 0.05) is 19.1 Å². The maximum absolute atomic E-state index is 6.72. The quantitative estimate of drug-likeness (QED) is 0.185. The monoisotopic (exact) mass is 551 g/mol. The minimum Gasteiger partial charge on any atom is -0.496 e. The van der Waals surface area contributed by atoms with Crippen LogP contribution >= 0.6 is 0 Å². The van der Waals surface area contributed by atoms with E-state index < -0.39 is 0 Å². The van der Waals surface area contributed by atoms with Gasteiger partial charge < -0.3 is 18.9 Å². The van der Waals surface area contributed by atoms with E-state index in [1.807, 2.05) is 30.3 Å². The van der Waals surface area contributed by atoms with Gasteiger partial charge in [-0.25, -0.2) is 0 Å². The van der Waals surface area contributed by atoms with Gasteiger partial charge in [0.05, 0.1) is 33.0 Å². The van der Waals surface area contributed by atoms with E-state index in [0.717, 1.165) is 42.0 Å². The van der Waals surface area contributed by atoms with Crippen molar-refractivity contribution in [3.05, 3.63) is 138 Å². The zero-order chi connectivity index (χ0) is 28.3. The van der Waals surface area contributed by atoms with E-state index in [2.05, 4.69) is 96.8 Å². The average molecular weight is 552 g/mol. The SMILES string of the molecule is COc1ccccc1CCN1C[C@H](OCc2ccccc2)[C@@H](OCc2ccccc2)[C@H](OCc2ccccc2)[C@H]1C. The van der Waals surface area contributed by atoms with Gasteiger partial charge in [-0.15, -0.1) is 0 Å². The van der Waals surface area contributed by atoms with Gasteiger partial charge >= 0.3 is 0 Å². The molecule has 1 fully saturated rings. The number of ether oxygens (including phenoxy) is 4. The summed E-state index contributed by atoms with van der Waals surface area (Å²) in [5.74, 6) is 0.926. The second-order valence-corrected chi connectivity index (χ2v) is 10.7. The highest BCUT2D eigenvalue weighted by molar-refractivity contribution is 5.33. The highest BCUT2D eigenvalue weighted by atomic mass is 16.6. The Morgan fingerprint density at radius 2 is 1.10 bits per heavy atom. The maximum Gasteiger partial charge on any atom is 0.122 e. The van der Waals surface area contributed by atoms with E-state index >= 15 is 0 Å². The normalized spacial score (nSPS) is 21.0. The molecule has 0 N–H and O–H groups in total. The van der Waals surface area contributed by atoms with Crippen LogP contribution in [0.2, 0.25) is 0 Å². The summed E-state index contributed by atoms with van der Waals surface area (Å²) in [6, 6.07) is 39.4. The van der Waals surface area contributed by atoms with Crippen molar-refractivity contribution in [2.24, 2.45) is 0 Å². The first-order chi connectivity index (χ1) is 20.2. The molecule has 4 aromatic rings. The number of hydrogen-bond acceptors (Lipinski definition) is 5. The predicted molar refractivity (Wildman–Crippen MR) is 163 cm³/mol. The van der Waals surface area contributed by atoms with E-state index in [0.29, 0.717) is 19.8 Å². The summed E-state index contributed by atoms with van der Waals surface area (Å²) >= 11 is 0. The molecule has 214 valence electrons. The fourth-order valence-corrected chi connectivity index (χ4v) is 5.56. The number of methoxy groups -OCH3 is 1. The number of nitrogens with zero attached hydrogens (tertiary/aromatic N) is 1. The zero-order valence-electron chi connectivity index (χ0n) is 24.1. The topological polar surface area (TPSA) is 40.2 Å². The minimum absolute atomic E-state index is 0.130. The van der Waals surface area contributed by atoms with Gasteiger partial charge in [0.25, 0.3) is 0 Å². The smallest absolute Gasteiger partial charge is 0.122 e. The van der Waals surface area contributed by atoms with Crippen LogP contribution in [0.4, 0.5) is 0 Å². The second-order valence-electron chi connectivity index (χ2n) is 10.7. The Morgan fingerprint density at radius 1 is 0.610 bits per heavy atom. The maximum atomic E-state index is 6.72. The molecular weight excluding hydrogens is 510 g/mol. The predicted octanol–water partition coefficient (Wildman–Crippen LogP) is 6.70. The molecule has 1 saturated heterocycles. The van der Waals surface area contributed by atoms with Crippen molar-refractivity contribution in [3.63, 3.8) is 0 Å². The Morgan fingerprint density at radius 3 is 1.66 bits per heavy atom. The summed E-state index contributed by atoms with van der Waals surface area (Å²) in [5, 5.41) is 0. The number of rotatable bonds is 13. The third kappa shape index (κ3) is 8.05. The van der Waals surface area contributed by atoms with Crippen LogP contribution in [0.5, 0.6) is 5.75 Å². The third-order valence-corrected chi connectivity index (χ3v) is 7.89. The summed E-state index contributed by atoms with van der Waals surface area (Å²) in [6.07, 6.45) is 0.320. The van der Waals surface area contributed by atoms with Gasteiger partial charge in [0.2, 0.25) is 0 Å². The van der Waals surface area contributed by atoms with E-state index in [9.17, 15) is 0 Å². The molecule has 0 aromatic heterocycles. The molecule has 1 heterocycles. The molecule has 5 rings (SSSR count). The zero-order valence-corrected chi connectivity index (χ0v) is 24.1. The van der Waals surface area contributed by atoms with Gasteiger partial charge in [-0.05, 0) is 41.7 Å². The fraction of sp³-hybridized carbons (Fsp3) is 0.333. The van der Waals surface area contributed by atoms with Gasteiger partial charge in [0.15, 0.2) is 0 Å². The largest absolute Gasteiger partial charge is 0.496 e. The minimum atomic E-state index is -0.222. The molecule has 0 saturated carbocycles. The van der Waals surface area contributed by atoms with Crippen LogP contribution in [0, 0.1) is 0 Å². The molecule has 0 spiro atoms. The molecular formula is C36H41NO4. The lowest BCUT2D eigenvalue weighted by Crippen LogP contribution is -2.62. The molecule has 0 amide bonds. The molecule has 0 unspecified atom stereocenters. The molecule has 1 aliphatic rings. The van der Waals surface area contributed by atoms with E-state index in [1.165, 1.54) is 5.56 Å². The third-order valence-electron chi connectivity index (χ3n) is 7.89. The van der Waals surface area contributed by atoms with Crippen LogP contribution in [-0.2, 0) is 40.5 Å². The van der Waals surface area contributed by atoms with Crippen LogP contribution < -0.4 is 4.74 Å². The van der Waals surface area contributed by atoms with Crippen LogP contribution in [0.1, 0.15) is 29.2 Å². The van der Waals surface area contributed by atoms with Crippen molar-refractivity contribution < 1.29 is 18.9 Å². The molecule has 5 heteroatoms. The first-order valence-corrected chi connectivity index (χ1v) is 14.5. The van der Waals surface area contributed by atoms with E-state index in [-0.39, 0.29) is 24.4 Å². The van der Waals surface area contributed by atoms with Gasteiger partial charge in [-0.1, -0.05) is 109 Å². The number of piperidine rings is 1. The first kappa shape index (κ1) is 29.0. The van der Waals surface area contributed by atoms with Crippen LogP contribution in [-0.4, -0.2) is 49.5 Å². The Hall–Kier alpha value is -3.48. The van der Waals surface area contributed by atoms with Crippen molar-refractivity contribution in [2.45, 2.75) is 57.5 Å². The molecule has 4 aromatic carbocycles. The van der Waals surface area contributed by atoms with Crippen LogP contribution in [0.3, 0.4) is 0 Å². The van der Waals surface area contributed by atoms with E-state index in [4.69, 9.17) is 18.9 Å².